The highest BCUT2D eigenvalue weighted by Gasteiger charge is 2.42. The Hall–Kier alpha value is -3.32. The Kier molecular flexibility index (Phi) is 5.81. The standard InChI is InChI=1S/C27H27N3O3S/c1-27(2)13-19-22(20(31)14-27)21(17-9-11-18(33-3)12-10-17)23-24(28-19)29-26(30-25(23)32)34-15-16-7-5-4-6-8-16/h4-12,21H,13-15H2,1-3H3,(H2,28,29,30,32)/t21-/m0/s1. The number of thioether (sulfide) groups is 1. The van der Waals surface area contributed by atoms with Gasteiger partial charge in [0.2, 0.25) is 0 Å². The van der Waals surface area contributed by atoms with Crippen LogP contribution in [0.3, 0.4) is 0 Å². The van der Waals surface area contributed by atoms with E-state index in [9.17, 15) is 9.59 Å². The molecule has 0 amide bonds. The number of allylic oxidation sites excluding steroid dienone is 2. The maximum atomic E-state index is 13.4. The zero-order valence-electron chi connectivity index (χ0n) is 19.5. The molecule has 0 bridgehead atoms. The number of ether oxygens (including phenoxy) is 1. The summed E-state index contributed by atoms with van der Waals surface area (Å²) in [6.07, 6.45) is 1.17. The summed E-state index contributed by atoms with van der Waals surface area (Å²) in [4.78, 5) is 34.5. The van der Waals surface area contributed by atoms with Crippen LogP contribution in [0.1, 0.15) is 49.3 Å². The molecule has 1 atom stereocenters. The predicted octanol–water partition coefficient (Wildman–Crippen LogP) is 5.27. The molecule has 0 radical (unpaired) electrons. The third kappa shape index (κ3) is 4.28. The first-order valence-electron chi connectivity index (χ1n) is 11.3. The van der Waals surface area contributed by atoms with Crippen molar-refractivity contribution in [2.75, 3.05) is 12.4 Å². The molecule has 2 aliphatic rings. The van der Waals surface area contributed by atoms with Crippen LogP contribution in [0.2, 0.25) is 0 Å². The summed E-state index contributed by atoms with van der Waals surface area (Å²) < 4.78 is 5.31. The van der Waals surface area contributed by atoms with Crippen molar-refractivity contribution in [3.63, 3.8) is 0 Å². The number of carbonyl (C=O) groups is 1. The van der Waals surface area contributed by atoms with Crippen molar-refractivity contribution in [1.29, 1.82) is 0 Å². The zero-order chi connectivity index (χ0) is 23.9. The summed E-state index contributed by atoms with van der Waals surface area (Å²) in [6, 6.07) is 17.6. The molecule has 0 saturated carbocycles. The van der Waals surface area contributed by atoms with E-state index < -0.39 is 5.92 Å². The van der Waals surface area contributed by atoms with Crippen LogP contribution in [0.25, 0.3) is 0 Å². The Labute approximate surface area is 202 Å². The lowest BCUT2D eigenvalue weighted by Crippen LogP contribution is -2.37. The second kappa shape index (κ2) is 8.80. The summed E-state index contributed by atoms with van der Waals surface area (Å²) in [5, 5.41) is 3.93. The summed E-state index contributed by atoms with van der Waals surface area (Å²) in [7, 11) is 1.62. The van der Waals surface area contributed by atoms with E-state index in [1.165, 1.54) is 11.8 Å². The van der Waals surface area contributed by atoms with Crippen molar-refractivity contribution in [3.8, 4) is 5.75 Å². The summed E-state index contributed by atoms with van der Waals surface area (Å²) in [5.74, 6) is 1.56. The largest absolute Gasteiger partial charge is 0.497 e. The van der Waals surface area contributed by atoms with Gasteiger partial charge in [0, 0.05) is 29.4 Å². The van der Waals surface area contributed by atoms with Crippen LogP contribution in [0.4, 0.5) is 5.82 Å². The quantitative estimate of drug-likeness (QED) is 0.388. The van der Waals surface area contributed by atoms with Crippen LogP contribution in [0, 0.1) is 5.41 Å². The number of methoxy groups -OCH3 is 1. The Morgan fingerprint density at radius 3 is 2.50 bits per heavy atom. The molecule has 3 aromatic rings. The van der Waals surface area contributed by atoms with Gasteiger partial charge in [0.25, 0.3) is 5.56 Å². The monoisotopic (exact) mass is 473 g/mol. The van der Waals surface area contributed by atoms with Crippen LogP contribution in [-0.4, -0.2) is 22.9 Å². The normalized spacial score (nSPS) is 18.7. The molecule has 6 nitrogen and oxygen atoms in total. The lowest BCUT2D eigenvalue weighted by molar-refractivity contribution is -0.118. The van der Waals surface area contributed by atoms with E-state index in [1.807, 2.05) is 54.6 Å². The number of benzene rings is 2. The van der Waals surface area contributed by atoms with Crippen LogP contribution >= 0.6 is 11.8 Å². The van der Waals surface area contributed by atoms with E-state index >= 15 is 0 Å². The summed E-state index contributed by atoms with van der Waals surface area (Å²) in [5.41, 5.74) is 3.68. The molecule has 2 aromatic carbocycles. The van der Waals surface area contributed by atoms with Crippen molar-refractivity contribution in [1.82, 2.24) is 9.97 Å². The topological polar surface area (TPSA) is 84.1 Å². The van der Waals surface area contributed by atoms with Gasteiger partial charge in [0.1, 0.15) is 11.6 Å². The first-order chi connectivity index (χ1) is 16.3. The second-order valence-electron chi connectivity index (χ2n) is 9.57. The van der Waals surface area contributed by atoms with Crippen LogP contribution < -0.4 is 15.6 Å². The number of ketones is 1. The molecule has 0 saturated heterocycles. The van der Waals surface area contributed by atoms with Gasteiger partial charge in [-0.3, -0.25) is 9.59 Å². The SMILES string of the molecule is COc1ccc([C@H]2C3=C(CC(C)(C)CC3=O)Nc3nc(SCc4ccccc4)[nH]c(=O)c32)cc1. The van der Waals surface area contributed by atoms with Gasteiger partial charge in [-0.15, -0.1) is 0 Å². The molecule has 1 aromatic heterocycles. The zero-order valence-corrected chi connectivity index (χ0v) is 20.3. The van der Waals surface area contributed by atoms with Crippen molar-refractivity contribution < 1.29 is 9.53 Å². The van der Waals surface area contributed by atoms with E-state index in [1.54, 1.807) is 7.11 Å². The van der Waals surface area contributed by atoms with Crippen LogP contribution in [0.5, 0.6) is 5.75 Å². The molecule has 0 spiro atoms. The van der Waals surface area contributed by atoms with Gasteiger partial charge in [-0.25, -0.2) is 4.98 Å². The molecule has 174 valence electrons. The Morgan fingerprint density at radius 1 is 1.06 bits per heavy atom. The minimum absolute atomic E-state index is 0.0761. The number of hydrogen-bond acceptors (Lipinski definition) is 6. The summed E-state index contributed by atoms with van der Waals surface area (Å²) in [6.45, 7) is 4.20. The second-order valence-corrected chi connectivity index (χ2v) is 10.5. The van der Waals surface area contributed by atoms with E-state index in [-0.39, 0.29) is 16.8 Å². The third-order valence-corrected chi connectivity index (χ3v) is 7.31. The molecule has 2 heterocycles. The van der Waals surface area contributed by atoms with Crippen molar-refractivity contribution in [2.24, 2.45) is 5.41 Å². The molecule has 0 fully saturated rings. The van der Waals surface area contributed by atoms with Crippen LogP contribution in [-0.2, 0) is 10.5 Å². The number of nitrogens with zero attached hydrogens (tertiary/aromatic N) is 1. The fourth-order valence-corrected chi connectivity index (χ4v) is 5.63. The van der Waals surface area contributed by atoms with E-state index in [0.29, 0.717) is 34.3 Å². The molecule has 0 unspecified atom stereocenters. The number of H-pyrrole nitrogens is 1. The minimum atomic E-state index is -0.467. The molecule has 2 N–H and O–H groups in total. The number of fused-ring (bicyclic) bond motifs is 1. The molecule has 7 heteroatoms. The average Bonchev–Trinajstić information content (AvgIpc) is 2.81. The number of Topliss-reactive ketones (excluding diaryl/α,β-unsaturated/α-hetero) is 1. The molecule has 1 aliphatic heterocycles. The number of nitrogens with one attached hydrogen (secondary N) is 2. The first kappa shape index (κ1) is 22.5. The molecular weight excluding hydrogens is 446 g/mol. The van der Waals surface area contributed by atoms with Gasteiger partial charge in [-0.2, -0.15) is 0 Å². The van der Waals surface area contributed by atoms with Gasteiger partial charge in [0.05, 0.1) is 12.7 Å². The van der Waals surface area contributed by atoms with Crippen LogP contribution in [0.15, 0.2) is 75.8 Å². The highest BCUT2D eigenvalue weighted by Crippen LogP contribution is 2.47. The summed E-state index contributed by atoms with van der Waals surface area (Å²) >= 11 is 1.49. The fraction of sp³-hybridized carbons (Fsp3) is 0.296. The lowest BCUT2D eigenvalue weighted by atomic mass is 9.69. The number of rotatable bonds is 5. The highest BCUT2D eigenvalue weighted by molar-refractivity contribution is 7.98. The smallest absolute Gasteiger partial charge is 0.257 e. The average molecular weight is 474 g/mol. The van der Waals surface area contributed by atoms with Gasteiger partial charge in [-0.1, -0.05) is 68.1 Å². The Balaban J connectivity index is 1.59. The number of carbonyl (C=O) groups excluding carboxylic acids is 1. The fourth-order valence-electron chi connectivity index (χ4n) is 4.82. The Bertz CT molecular complexity index is 1330. The third-order valence-electron chi connectivity index (χ3n) is 6.37. The molecule has 34 heavy (non-hydrogen) atoms. The minimum Gasteiger partial charge on any atom is -0.497 e. The molecule has 5 rings (SSSR count). The maximum Gasteiger partial charge on any atom is 0.257 e. The van der Waals surface area contributed by atoms with Crippen molar-refractivity contribution in [3.05, 3.63) is 92.9 Å². The van der Waals surface area contributed by atoms with Gasteiger partial charge < -0.3 is 15.0 Å². The van der Waals surface area contributed by atoms with E-state index in [0.717, 1.165) is 29.0 Å². The van der Waals surface area contributed by atoms with Gasteiger partial charge in [0.15, 0.2) is 10.9 Å². The number of anilines is 1. The predicted molar refractivity (Wildman–Crippen MR) is 134 cm³/mol. The number of hydrogen-bond donors (Lipinski definition) is 2. The number of aromatic amines is 1. The molecule has 1 aliphatic carbocycles. The van der Waals surface area contributed by atoms with Gasteiger partial charge in [-0.05, 0) is 35.1 Å². The van der Waals surface area contributed by atoms with Gasteiger partial charge >= 0.3 is 0 Å². The maximum absolute atomic E-state index is 13.4. The van der Waals surface area contributed by atoms with Crippen molar-refractivity contribution in [2.45, 2.75) is 43.5 Å². The first-order valence-corrected chi connectivity index (χ1v) is 12.3. The number of aromatic nitrogens is 2. The lowest BCUT2D eigenvalue weighted by Gasteiger charge is -2.38. The Morgan fingerprint density at radius 2 is 1.79 bits per heavy atom. The highest BCUT2D eigenvalue weighted by atomic mass is 32.2. The van der Waals surface area contributed by atoms with E-state index in [4.69, 9.17) is 9.72 Å². The molecular formula is C27H27N3O3S. The van der Waals surface area contributed by atoms with Crippen molar-refractivity contribution >= 4 is 23.4 Å². The van der Waals surface area contributed by atoms with E-state index in [2.05, 4.69) is 24.1 Å².